The van der Waals surface area contributed by atoms with E-state index in [9.17, 15) is 18.0 Å². The summed E-state index contributed by atoms with van der Waals surface area (Å²) < 4.78 is 29.2. The quantitative estimate of drug-likeness (QED) is 0.427. The molecule has 0 aliphatic carbocycles. The molecule has 0 saturated carbocycles. The fourth-order valence-electron chi connectivity index (χ4n) is 6.54. The van der Waals surface area contributed by atoms with Gasteiger partial charge in [0.1, 0.15) is 6.04 Å². The lowest BCUT2D eigenvalue weighted by atomic mass is 9.83. The predicted octanol–water partition coefficient (Wildman–Crippen LogP) is 3.89. The highest BCUT2D eigenvalue weighted by Gasteiger charge is 2.41. The van der Waals surface area contributed by atoms with Gasteiger partial charge in [0.05, 0.1) is 11.4 Å². The highest BCUT2D eigenvalue weighted by molar-refractivity contribution is 7.89. The van der Waals surface area contributed by atoms with Crippen LogP contribution in [0.2, 0.25) is 5.02 Å². The van der Waals surface area contributed by atoms with Crippen LogP contribution in [0.5, 0.6) is 0 Å². The monoisotopic (exact) mass is 594 g/mol. The average Bonchev–Trinajstić information content (AvgIpc) is 2.98. The number of rotatable bonds is 8. The first kappa shape index (κ1) is 28.2. The molecule has 2 amide bonds. The minimum Gasteiger partial charge on any atom is -0.332 e. The molecule has 2 atom stereocenters. The van der Waals surface area contributed by atoms with E-state index < -0.39 is 16.1 Å². The lowest BCUT2D eigenvalue weighted by Gasteiger charge is -2.49. The molecular formula is C31H35ClN4O4S. The lowest BCUT2D eigenvalue weighted by Crippen LogP contribution is -2.60. The molecule has 4 aliphatic heterocycles. The third kappa shape index (κ3) is 6.14. The molecular weight excluding hydrogens is 560 g/mol. The van der Waals surface area contributed by atoms with Crippen molar-refractivity contribution in [2.75, 3.05) is 32.7 Å². The van der Waals surface area contributed by atoms with Crippen molar-refractivity contribution in [3.8, 4) is 0 Å². The van der Waals surface area contributed by atoms with E-state index >= 15 is 0 Å². The van der Waals surface area contributed by atoms with Crippen molar-refractivity contribution in [1.82, 2.24) is 19.4 Å². The van der Waals surface area contributed by atoms with E-state index in [2.05, 4.69) is 9.62 Å². The highest BCUT2D eigenvalue weighted by Crippen LogP contribution is 2.32. The second kappa shape index (κ2) is 11.7. The summed E-state index contributed by atoms with van der Waals surface area (Å²) in [5, 5.41) is 2.15. The molecule has 3 aromatic rings. The van der Waals surface area contributed by atoms with E-state index in [1.54, 1.807) is 30.3 Å². The van der Waals surface area contributed by atoms with Gasteiger partial charge in [0, 0.05) is 30.7 Å². The van der Waals surface area contributed by atoms with E-state index in [1.807, 2.05) is 35.2 Å². The van der Waals surface area contributed by atoms with E-state index in [0.29, 0.717) is 36.9 Å². The van der Waals surface area contributed by atoms with Gasteiger partial charge in [-0.15, -0.1) is 0 Å². The van der Waals surface area contributed by atoms with Crippen LogP contribution in [0, 0.1) is 5.92 Å². The summed E-state index contributed by atoms with van der Waals surface area (Å²) in [4.78, 5) is 33.4. The number of likely N-dealkylation sites (tertiary alicyclic amines) is 1. The van der Waals surface area contributed by atoms with Gasteiger partial charge in [0.2, 0.25) is 21.8 Å². The summed E-state index contributed by atoms with van der Waals surface area (Å²) >= 11 is 6.06. The first-order valence-corrected chi connectivity index (χ1v) is 16.2. The average molecular weight is 595 g/mol. The van der Waals surface area contributed by atoms with Gasteiger partial charge in [-0.25, -0.2) is 8.42 Å². The number of hydrogen-bond donors (Lipinski definition) is 1. The van der Waals surface area contributed by atoms with Crippen molar-refractivity contribution >= 4 is 44.2 Å². The number of nitrogens with zero attached hydrogens (tertiary/aromatic N) is 3. The lowest BCUT2D eigenvalue weighted by molar-refractivity contribution is -0.147. The van der Waals surface area contributed by atoms with E-state index in [1.165, 1.54) is 11.0 Å². The fraction of sp³-hybridized carbons (Fsp3) is 0.419. The third-order valence-electron chi connectivity index (χ3n) is 8.78. The van der Waals surface area contributed by atoms with Crippen molar-refractivity contribution in [3.63, 3.8) is 0 Å². The van der Waals surface area contributed by atoms with Crippen LogP contribution in [0.3, 0.4) is 0 Å². The van der Waals surface area contributed by atoms with Gasteiger partial charge in [-0.2, -0.15) is 4.72 Å². The Bertz CT molecular complexity index is 1540. The standard InChI is InChI=1S/C31H35ClN4O4S/c32-26-10-8-25-18-27(11-9-24(25)17-26)41(39,40)33-28-7-4-14-35(31(28)38)21-30(37)36(19-22-5-2-1-3-6-22)29-20-34-15-12-23(29)13-16-34/h1-3,5-6,8-11,17-18,23,28-29,33H,4,7,12-16,19-21H2. The molecule has 41 heavy (non-hydrogen) atoms. The number of hydrogen-bond acceptors (Lipinski definition) is 5. The molecule has 216 valence electrons. The van der Waals surface area contributed by atoms with Gasteiger partial charge in [0.15, 0.2) is 0 Å². The zero-order chi connectivity index (χ0) is 28.6. The van der Waals surface area contributed by atoms with Crippen molar-refractivity contribution in [1.29, 1.82) is 0 Å². The van der Waals surface area contributed by atoms with Crippen LogP contribution in [0.25, 0.3) is 10.8 Å². The SMILES string of the molecule is O=C1C(NS(=O)(=O)c2ccc3cc(Cl)ccc3c2)CCCN1CC(=O)N(Cc1ccccc1)C1CN2CCC1CC2. The Balaban J connectivity index is 1.17. The predicted molar refractivity (Wildman–Crippen MR) is 159 cm³/mol. The molecule has 4 fully saturated rings. The largest absolute Gasteiger partial charge is 0.332 e. The number of carbonyl (C=O) groups excluding carboxylic acids is 2. The molecule has 1 N–H and O–H groups in total. The molecule has 0 radical (unpaired) electrons. The van der Waals surface area contributed by atoms with Crippen LogP contribution in [-0.4, -0.2) is 79.7 Å². The Kier molecular flexibility index (Phi) is 8.05. The molecule has 2 bridgehead atoms. The number of benzene rings is 3. The Morgan fingerprint density at radius 3 is 2.41 bits per heavy atom. The van der Waals surface area contributed by atoms with Crippen LogP contribution in [-0.2, 0) is 26.2 Å². The van der Waals surface area contributed by atoms with Crippen molar-refractivity contribution in [2.24, 2.45) is 5.92 Å². The fourth-order valence-corrected chi connectivity index (χ4v) is 7.97. The number of fused-ring (bicyclic) bond motifs is 4. The van der Waals surface area contributed by atoms with Gasteiger partial charge in [0.25, 0.3) is 0 Å². The van der Waals surface area contributed by atoms with Gasteiger partial charge in [-0.3, -0.25) is 9.59 Å². The topological polar surface area (TPSA) is 90.0 Å². The zero-order valence-electron chi connectivity index (χ0n) is 22.9. The third-order valence-corrected chi connectivity index (χ3v) is 10.5. The molecule has 8 nitrogen and oxygen atoms in total. The van der Waals surface area contributed by atoms with Gasteiger partial charge in [-0.05, 0) is 85.3 Å². The normalized spacial score (nSPS) is 24.5. The number of sulfonamides is 1. The summed E-state index contributed by atoms with van der Waals surface area (Å²) in [6.45, 7) is 3.89. The van der Waals surface area contributed by atoms with E-state index in [0.717, 1.165) is 48.8 Å². The van der Waals surface area contributed by atoms with Gasteiger partial charge >= 0.3 is 0 Å². The molecule has 4 heterocycles. The van der Waals surface area contributed by atoms with Gasteiger partial charge in [-0.1, -0.05) is 54.1 Å². The summed E-state index contributed by atoms with van der Waals surface area (Å²) in [6, 6.07) is 19.2. The van der Waals surface area contributed by atoms with Crippen LogP contribution >= 0.6 is 11.6 Å². The second-order valence-electron chi connectivity index (χ2n) is 11.4. The van der Waals surface area contributed by atoms with Crippen LogP contribution in [0.4, 0.5) is 0 Å². The first-order valence-electron chi connectivity index (χ1n) is 14.3. The Morgan fingerprint density at radius 1 is 0.951 bits per heavy atom. The maximum Gasteiger partial charge on any atom is 0.242 e. The van der Waals surface area contributed by atoms with Crippen LogP contribution in [0.15, 0.2) is 71.6 Å². The Hall–Kier alpha value is -2.98. The van der Waals surface area contributed by atoms with Crippen molar-refractivity contribution in [3.05, 3.63) is 77.3 Å². The van der Waals surface area contributed by atoms with Crippen molar-refractivity contribution in [2.45, 2.75) is 49.2 Å². The smallest absolute Gasteiger partial charge is 0.242 e. The number of carbonyl (C=O) groups is 2. The maximum absolute atomic E-state index is 13.9. The van der Waals surface area contributed by atoms with E-state index in [4.69, 9.17) is 11.6 Å². The molecule has 10 heteroatoms. The molecule has 7 rings (SSSR count). The number of piperidine rings is 4. The number of halogens is 1. The van der Waals surface area contributed by atoms with Gasteiger partial charge < -0.3 is 14.7 Å². The minimum absolute atomic E-state index is 0.0517. The Morgan fingerprint density at radius 2 is 1.68 bits per heavy atom. The molecule has 2 unspecified atom stereocenters. The summed E-state index contributed by atoms with van der Waals surface area (Å²) in [7, 11) is -3.96. The summed E-state index contributed by atoms with van der Waals surface area (Å²) in [5.41, 5.74) is 1.06. The number of nitrogens with one attached hydrogen (secondary N) is 1. The first-order chi connectivity index (χ1) is 19.8. The van der Waals surface area contributed by atoms with Crippen LogP contribution < -0.4 is 4.72 Å². The van der Waals surface area contributed by atoms with E-state index in [-0.39, 0.29) is 29.3 Å². The zero-order valence-corrected chi connectivity index (χ0v) is 24.5. The summed E-state index contributed by atoms with van der Waals surface area (Å²) in [6.07, 6.45) is 3.16. The second-order valence-corrected chi connectivity index (χ2v) is 13.6. The Labute approximate surface area is 246 Å². The molecule has 4 saturated heterocycles. The number of amides is 2. The molecule has 0 aromatic heterocycles. The molecule has 3 aromatic carbocycles. The minimum atomic E-state index is -3.96. The molecule has 0 spiro atoms. The molecule has 4 aliphatic rings. The highest BCUT2D eigenvalue weighted by atomic mass is 35.5. The van der Waals surface area contributed by atoms with Crippen molar-refractivity contribution < 1.29 is 18.0 Å². The summed E-state index contributed by atoms with van der Waals surface area (Å²) in [5.74, 6) is 0.0224. The maximum atomic E-state index is 13.9. The van der Waals surface area contributed by atoms with Crippen LogP contribution in [0.1, 0.15) is 31.2 Å².